The number of thioether (sulfide) groups is 1. The van der Waals surface area contributed by atoms with Crippen LogP contribution in [0.25, 0.3) is 11.5 Å². The fourth-order valence-electron chi connectivity index (χ4n) is 1.87. The van der Waals surface area contributed by atoms with Crippen molar-refractivity contribution in [3.63, 3.8) is 0 Å². The lowest BCUT2D eigenvalue weighted by Gasteiger charge is -2.01. The summed E-state index contributed by atoms with van der Waals surface area (Å²) < 4.78 is 5.25. The molecular formula is C15H14N4OS. The second kappa shape index (κ2) is 5.97. The lowest BCUT2D eigenvalue weighted by Crippen LogP contribution is -1.88. The monoisotopic (exact) mass is 298 g/mol. The molecule has 0 aliphatic rings. The van der Waals surface area contributed by atoms with Crippen molar-refractivity contribution in [1.29, 1.82) is 0 Å². The summed E-state index contributed by atoms with van der Waals surface area (Å²) in [4.78, 5) is 9.61. The van der Waals surface area contributed by atoms with Crippen molar-refractivity contribution in [2.75, 3.05) is 5.73 Å². The number of nitrogens with zero attached hydrogens (tertiary/aromatic N) is 3. The van der Waals surface area contributed by atoms with Gasteiger partial charge in [-0.25, -0.2) is 0 Å². The molecule has 21 heavy (non-hydrogen) atoms. The number of hydrogen-bond donors (Lipinski definition) is 1. The summed E-state index contributed by atoms with van der Waals surface area (Å²) in [5.41, 5.74) is 8.24. The Kier molecular flexibility index (Phi) is 3.87. The Bertz CT molecular complexity index is 757. The molecule has 0 aliphatic carbocycles. The molecular weight excluding hydrogens is 284 g/mol. The Morgan fingerprint density at radius 1 is 1.24 bits per heavy atom. The first-order valence-electron chi connectivity index (χ1n) is 6.44. The first-order valence-corrected chi connectivity index (χ1v) is 7.43. The van der Waals surface area contributed by atoms with E-state index in [1.54, 1.807) is 30.2 Å². The van der Waals surface area contributed by atoms with Crippen molar-refractivity contribution in [2.24, 2.45) is 0 Å². The fraction of sp³-hybridized carbons (Fsp3) is 0.133. The molecule has 0 amide bonds. The Hall–Kier alpha value is -2.34. The van der Waals surface area contributed by atoms with Crippen molar-refractivity contribution in [2.45, 2.75) is 17.6 Å². The van der Waals surface area contributed by atoms with Gasteiger partial charge in [-0.15, -0.1) is 11.8 Å². The molecule has 0 unspecified atom stereocenters. The van der Waals surface area contributed by atoms with Gasteiger partial charge >= 0.3 is 0 Å². The number of pyridine rings is 1. The first kappa shape index (κ1) is 13.6. The SMILES string of the molecule is Cc1ccccc1SCc1noc(-c2cncc(N)c2)n1. The van der Waals surface area contributed by atoms with Gasteiger partial charge in [-0.05, 0) is 24.6 Å². The number of nitrogens with two attached hydrogens (primary N) is 1. The summed E-state index contributed by atoms with van der Waals surface area (Å²) in [5, 5.41) is 3.99. The molecule has 2 heterocycles. The normalized spacial score (nSPS) is 10.7. The van der Waals surface area contributed by atoms with Crippen LogP contribution < -0.4 is 5.73 Å². The van der Waals surface area contributed by atoms with Crippen LogP contribution in [0.2, 0.25) is 0 Å². The minimum Gasteiger partial charge on any atom is -0.397 e. The highest BCUT2D eigenvalue weighted by Gasteiger charge is 2.10. The first-order chi connectivity index (χ1) is 10.2. The van der Waals surface area contributed by atoms with Crippen LogP contribution in [-0.2, 0) is 5.75 Å². The van der Waals surface area contributed by atoms with Gasteiger partial charge in [-0.1, -0.05) is 23.4 Å². The van der Waals surface area contributed by atoms with Crippen LogP contribution >= 0.6 is 11.8 Å². The number of hydrogen-bond acceptors (Lipinski definition) is 6. The summed E-state index contributed by atoms with van der Waals surface area (Å²) in [5.74, 6) is 1.75. The molecule has 5 nitrogen and oxygen atoms in total. The fourth-order valence-corrected chi connectivity index (χ4v) is 2.74. The molecule has 0 radical (unpaired) electrons. The number of rotatable bonds is 4. The van der Waals surface area contributed by atoms with Crippen molar-refractivity contribution in [3.8, 4) is 11.5 Å². The predicted octanol–water partition coefficient (Wildman–Crippen LogP) is 3.31. The lowest BCUT2D eigenvalue weighted by atomic mass is 10.2. The van der Waals surface area contributed by atoms with Gasteiger partial charge in [-0.3, -0.25) is 4.98 Å². The molecule has 0 atom stereocenters. The zero-order chi connectivity index (χ0) is 14.7. The Labute approximate surface area is 126 Å². The molecule has 106 valence electrons. The van der Waals surface area contributed by atoms with Crippen molar-refractivity contribution in [3.05, 3.63) is 54.1 Å². The molecule has 3 aromatic rings. The smallest absolute Gasteiger partial charge is 0.259 e. The summed E-state index contributed by atoms with van der Waals surface area (Å²) in [6, 6.07) is 9.98. The Balaban J connectivity index is 1.72. The van der Waals surface area contributed by atoms with Crippen LogP contribution in [0, 0.1) is 6.92 Å². The zero-order valence-electron chi connectivity index (χ0n) is 11.5. The van der Waals surface area contributed by atoms with Gasteiger partial charge in [0.2, 0.25) is 0 Å². The molecule has 0 fully saturated rings. The molecule has 0 aliphatic heterocycles. The van der Waals surface area contributed by atoms with E-state index in [-0.39, 0.29) is 0 Å². The minimum atomic E-state index is 0.440. The van der Waals surface area contributed by atoms with Crippen molar-refractivity contribution < 1.29 is 4.52 Å². The molecule has 0 spiro atoms. The zero-order valence-corrected chi connectivity index (χ0v) is 12.3. The topological polar surface area (TPSA) is 77.8 Å². The van der Waals surface area contributed by atoms with Crippen LogP contribution in [0.3, 0.4) is 0 Å². The summed E-state index contributed by atoms with van der Waals surface area (Å²) >= 11 is 1.69. The highest BCUT2D eigenvalue weighted by Crippen LogP contribution is 2.26. The highest BCUT2D eigenvalue weighted by molar-refractivity contribution is 7.98. The molecule has 0 bridgehead atoms. The van der Waals surface area contributed by atoms with E-state index in [9.17, 15) is 0 Å². The maximum atomic E-state index is 5.70. The van der Waals surface area contributed by atoms with Crippen LogP contribution in [0.1, 0.15) is 11.4 Å². The van der Waals surface area contributed by atoms with Gasteiger partial charge in [-0.2, -0.15) is 4.98 Å². The van der Waals surface area contributed by atoms with Gasteiger partial charge < -0.3 is 10.3 Å². The summed E-state index contributed by atoms with van der Waals surface area (Å²) in [7, 11) is 0. The quantitative estimate of drug-likeness (QED) is 0.744. The van der Waals surface area contributed by atoms with Crippen LogP contribution in [0.4, 0.5) is 5.69 Å². The predicted molar refractivity (Wildman–Crippen MR) is 82.7 cm³/mol. The molecule has 0 saturated carbocycles. The number of anilines is 1. The molecule has 3 rings (SSSR count). The molecule has 0 saturated heterocycles. The van der Waals surface area contributed by atoms with Gasteiger partial charge in [0.25, 0.3) is 5.89 Å². The second-order valence-corrected chi connectivity index (χ2v) is 5.59. The minimum absolute atomic E-state index is 0.440. The van der Waals surface area contributed by atoms with Gasteiger partial charge in [0.15, 0.2) is 5.82 Å². The Morgan fingerprint density at radius 3 is 2.90 bits per heavy atom. The Morgan fingerprint density at radius 2 is 2.10 bits per heavy atom. The maximum Gasteiger partial charge on any atom is 0.259 e. The largest absolute Gasteiger partial charge is 0.397 e. The highest BCUT2D eigenvalue weighted by atomic mass is 32.2. The van der Waals surface area contributed by atoms with E-state index in [0.717, 1.165) is 5.56 Å². The molecule has 2 N–H and O–H groups in total. The number of aryl methyl sites for hydroxylation is 1. The van der Waals surface area contributed by atoms with E-state index in [4.69, 9.17) is 10.3 Å². The van der Waals surface area contributed by atoms with Gasteiger partial charge in [0, 0.05) is 17.3 Å². The van der Waals surface area contributed by atoms with E-state index < -0.39 is 0 Å². The number of aromatic nitrogens is 3. The third-order valence-electron chi connectivity index (χ3n) is 2.92. The molecule has 2 aromatic heterocycles. The summed E-state index contributed by atoms with van der Waals surface area (Å²) in [6.07, 6.45) is 3.23. The number of nitrogen functional groups attached to an aromatic ring is 1. The summed E-state index contributed by atoms with van der Waals surface area (Å²) in [6.45, 7) is 2.09. The van der Waals surface area contributed by atoms with E-state index in [2.05, 4.69) is 34.2 Å². The lowest BCUT2D eigenvalue weighted by molar-refractivity contribution is 0.425. The number of benzene rings is 1. The van der Waals surface area contributed by atoms with E-state index >= 15 is 0 Å². The second-order valence-electron chi connectivity index (χ2n) is 4.58. The molecule has 6 heteroatoms. The van der Waals surface area contributed by atoms with Crippen LogP contribution in [0.15, 0.2) is 52.1 Å². The van der Waals surface area contributed by atoms with Gasteiger partial charge in [0.05, 0.1) is 17.0 Å². The average Bonchev–Trinajstić information content (AvgIpc) is 2.95. The van der Waals surface area contributed by atoms with E-state index in [1.165, 1.54) is 10.5 Å². The average molecular weight is 298 g/mol. The van der Waals surface area contributed by atoms with Crippen molar-refractivity contribution >= 4 is 17.4 Å². The van der Waals surface area contributed by atoms with E-state index in [1.807, 2.05) is 12.1 Å². The maximum absolute atomic E-state index is 5.70. The van der Waals surface area contributed by atoms with Gasteiger partial charge in [0.1, 0.15) is 0 Å². The third-order valence-corrected chi connectivity index (χ3v) is 4.10. The van der Waals surface area contributed by atoms with Crippen molar-refractivity contribution in [1.82, 2.24) is 15.1 Å². The van der Waals surface area contributed by atoms with Crippen LogP contribution in [0.5, 0.6) is 0 Å². The van der Waals surface area contributed by atoms with E-state index in [0.29, 0.717) is 23.2 Å². The standard InChI is InChI=1S/C15H14N4OS/c1-10-4-2-3-5-13(10)21-9-14-18-15(20-19-14)11-6-12(16)8-17-7-11/h2-8H,9,16H2,1H3. The molecule has 1 aromatic carbocycles. The van der Waals surface area contributed by atoms with Crippen LogP contribution in [-0.4, -0.2) is 15.1 Å². The third kappa shape index (κ3) is 3.22.